The Morgan fingerprint density at radius 1 is 1.14 bits per heavy atom. The van der Waals surface area contributed by atoms with Gasteiger partial charge in [0.2, 0.25) is 0 Å². The van der Waals surface area contributed by atoms with Crippen LogP contribution in [0.5, 0.6) is 5.75 Å². The first-order valence-electron chi connectivity index (χ1n) is 6.13. The van der Waals surface area contributed by atoms with E-state index in [1.807, 2.05) is 18.2 Å². The summed E-state index contributed by atoms with van der Waals surface area (Å²) in [6.07, 6.45) is -0.0140. The quantitative estimate of drug-likeness (QED) is 0.533. The number of halogens is 2. The van der Waals surface area contributed by atoms with Gasteiger partial charge in [-0.3, -0.25) is 4.79 Å². The summed E-state index contributed by atoms with van der Waals surface area (Å²) in [5.74, 6) is -0.264. The van der Waals surface area contributed by atoms with E-state index >= 15 is 0 Å². The van der Waals surface area contributed by atoms with Gasteiger partial charge < -0.3 is 9.26 Å². The van der Waals surface area contributed by atoms with Crippen molar-refractivity contribution in [3.8, 4) is 5.75 Å². The number of aromatic nitrogens is 1. The van der Waals surface area contributed by atoms with Crippen LogP contribution in [0.3, 0.4) is 0 Å². The lowest BCUT2D eigenvalue weighted by molar-refractivity contribution is -0.133. The van der Waals surface area contributed by atoms with Crippen LogP contribution >= 0.6 is 23.2 Å². The first-order valence-corrected chi connectivity index (χ1v) is 6.89. The molecule has 0 spiro atoms. The fourth-order valence-electron chi connectivity index (χ4n) is 1.92. The van der Waals surface area contributed by atoms with Crippen molar-refractivity contribution < 1.29 is 14.1 Å². The summed E-state index contributed by atoms with van der Waals surface area (Å²) in [5.41, 5.74) is 1.15. The first kappa shape index (κ1) is 13.9. The molecule has 2 aromatic carbocycles. The van der Waals surface area contributed by atoms with Gasteiger partial charge in [0.25, 0.3) is 0 Å². The molecule has 0 saturated carbocycles. The van der Waals surface area contributed by atoms with Crippen LogP contribution in [0.25, 0.3) is 11.0 Å². The lowest BCUT2D eigenvalue weighted by atomic mass is 10.2. The molecule has 0 aliphatic rings. The summed E-state index contributed by atoms with van der Waals surface area (Å²) in [6.45, 7) is 0. The van der Waals surface area contributed by atoms with Crippen LogP contribution < -0.4 is 4.74 Å². The molecule has 6 heteroatoms. The van der Waals surface area contributed by atoms with Gasteiger partial charge in [0.15, 0.2) is 11.3 Å². The Hall–Kier alpha value is -2.04. The summed E-state index contributed by atoms with van der Waals surface area (Å²) in [5, 5.41) is 5.20. The van der Waals surface area contributed by atoms with Gasteiger partial charge in [0, 0.05) is 5.39 Å². The van der Waals surface area contributed by atoms with Crippen LogP contribution in [0.2, 0.25) is 10.0 Å². The Morgan fingerprint density at radius 2 is 1.95 bits per heavy atom. The number of carbonyl (C=O) groups excluding carboxylic acids is 1. The van der Waals surface area contributed by atoms with Gasteiger partial charge in [0.1, 0.15) is 10.7 Å². The highest BCUT2D eigenvalue weighted by Crippen LogP contribution is 2.31. The third kappa shape index (κ3) is 2.86. The molecule has 0 fully saturated rings. The zero-order chi connectivity index (χ0) is 14.8. The number of esters is 1. The third-order valence-corrected chi connectivity index (χ3v) is 3.71. The van der Waals surface area contributed by atoms with Gasteiger partial charge in [-0.05, 0) is 24.3 Å². The molecule has 0 amide bonds. The summed E-state index contributed by atoms with van der Waals surface area (Å²) in [4.78, 5) is 12.0. The van der Waals surface area contributed by atoms with Gasteiger partial charge in [0.05, 0.1) is 11.4 Å². The van der Waals surface area contributed by atoms with Crippen molar-refractivity contribution in [3.05, 3.63) is 58.2 Å². The second kappa shape index (κ2) is 5.76. The standard InChI is InChI=1S/C15H9Cl2NO3/c16-10-5-3-7-13(15(10)17)20-14(19)8-11-9-4-1-2-6-12(9)21-18-11/h1-7H,8H2. The minimum atomic E-state index is -0.488. The molecule has 1 heterocycles. The van der Waals surface area contributed by atoms with Crippen molar-refractivity contribution in [2.45, 2.75) is 6.42 Å². The van der Waals surface area contributed by atoms with Gasteiger partial charge in [-0.15, -0.1) is 0 Å². The lowest BCUT2D eigenvalue weighted by Crippen LogP contribution is -2.12. The molecular formula is C15H9Cl2NO3. The molecule has 0 unspecified atom stereocenters. The second-order valence-corrected chi connectivity index (χ2v) is 5.11. The SMILES string of the molecule is O=C(Cc1noc2ccccc12)Oc1cccc(Cl)c1Cl. The van der Waals surface area contributed by atoms with E-state index in [1.54, 1.807) is 24.3 Å². The number of rotatable bonds is 3. The van der Waals surface area contributed by atoms with Crippen molar-refractivity contribution in [2.24, 2.45) is 0 Å². The predicted molar refractivity (Wildman–Crippen MR) is 79.8 cm³/mol. The molecule has 0 aliphatic carbocycles. The molecular weight excluding hydrogens is 313 g/mol. The smallest absolute Gasteiger partial charge is 0.317 e. The Morgan fingerprint density at radius 3 is 2.81 bits per heavy atom. The molecule has 0 N–H and O–H groups in total. The van der Waals surface area contributed by atoms with Gasteiger partial charge in [-0.1, -0.05) is 46.6 Å². The minimum Gasteiger partial charge on any atom is -0.425 e. The van der Waals surface area contributed by atoms with E-state index in [9.17, 15) is 4.79 Å². The second-order valence-electron chi connectivity index (χ2n) is 4.33. The number of benzene rings is 2. The maximum absolute atomic E-state index is 12.0. The highest BCUT2D eigenvalue weighted by Gasteiger charge is 2.15. The van der Waals surface area contributed by atoms with Crippen LogP contribution in [-0.4, -0.2) is 11.1 Å². The zero-order valence-corrected chi connectivity index (χ0v) is 12.2. The predicted octanol–water partition coefficient (Wildman–Crippen LogP) is 4.28. The molecule has 1 aromatic heterocycles. The van der Waals surface area contributed by atoms with Crippen molar-refractivity contribution in [3.63, 3.8) is 0 Å². The Kier molecular flexibility index (Phi) is 3.82. The summed E-state index contributed by atoms with van der Waals surface area (Å²) in [6, 6.07) is 12.1. The van der Waals surface area contributed by atoms with Gasteiger partial charge in [-0.25, -0.2) is 0 Å². The molecule has 4 nitrogen and oxygen atoms in total. The lowest BCUT2D eigenvalue weighted by Gasteiger charge is -2.06. The average molecular weight is 322 g/mol. The van der Waals surface area contributed by atoms with E-state index in [-0.39, 0.29) is 17.2 Å². The number of fused-ring (bicyclic) bond motifs is 1. The number of nitrogens with zero attached hydrogens (tertiary/aromatic N) is 1. The highest BCUT2D eigenvalue weighted by molar-refractivity contribution is 6.43. The van der Waals surface area contributed by atoms with Crippen LogP contribution in [0.15, 0.2) is 47.0 Å². The van der Waals surface area contributed by atoms with Crippen molar-refractivity contribution >= 4 is 40.1 Å². The zero-order valence-electron chi connectivity index (χ0n) is 10.7. The Labute approximate surface area is 130 Å². The number of ether oxygens (including phenoxy) is 1. The summed E-state index contributed by atoms with van der Waals surface area (Å²) in [7, 11) is 0. The van der Waals surface area contributed by atoms with Crippen LogP contribution in [-0.2, 0) is 11.2 Å². The van der Waals surface area contributed by atoms with Crippen molar-refractivity contribution in [2.75, 3.05) is 0 Å². The van der Waals surface area contributed by atoms with Gasteiger partial charge in [-0.2, -0.15) is 0 Å². The molecule has 106 valence electrons. The molecule has 3 rings (SSSR count). The highest BCUT2D eigenvalue weighted by atomic mass is 35.5. The van der Waals surface area contributed by atoms with Crippen LogP contribution in [0, 0.1) is 0 Å². The van der Waals surface area contributed by atoms with E-state index in [0.29, 0.717) is 16.3 Å². The number of hydrogen-bond donors (Lipinski definition) is 0. The molecule has 0 aliphatic heterocycles. The van der Waals surface area contributed by atoms with Crippen molar-refractivity contribution in [1.82, 2.24) is 5.16 Å². The van der Waals surface area contributed by atoms with E-state index in [0.717, 1.165) is 5.39 Å². The summed E-state index contributed by atoms with van der Waals surface area (Å²) < 4.78 is 10.3. The van der Waals surface area contributed by atoms with Crippen molar-refractivity contribution in [1.29, 1.82) is 0 Å². The van der Waals surface area contributed by atoms with E-state index in [1.165, 1.54) is 0 Å². The largest absolute Gasteiger partial charge is 0.425 e. The molecule has 21 heavy (non-hydrogen) atoms. The molecule has 0 saturated heterocycles. The molecule has 0 radical (unpaired) electrons. The maximum Gasteiger partial charge on any atom is 0.317 e. The normalized spacial score (nSPS) is 10.8. The number of hydrogen-bond acceptors (Lipinski definition) is 4. The monoisotopic (exact) mass is 321 g/mol. The number of para-hydroxylation sites is 1. The fourth-order valence-corrected chi connectivity index (χ4v) is 2.25. The van der Waals surface area contributed by atoms with E-state index in [2.05, 4.69) is 5.16 Å². The average Bonchev–Trinajstić information content (AvgIpc) is 2.87. The topological polar surface area (TPSA) is 52.3 Å². The maximum atomic E-state index is 12.0. The number of carbonyl (C=O) groups is 1. The molecule has 3 aromatic rings. The fraction of sp³-hybridized carbons (Fsp3) is 0.0667. The first-order chi connectivity index (χ1) is 10.1. The Balaban J connectivity index is 1.79. The Bertz CT molecular complexity index is 814. The summed E-state index contributed by atoms with van der Waals surface area (Å²) >= 11 is 11.8. The third-order valence-electron chi connectivity index (χ3n) is 2.90. The van der Waals surface area contributed by atoms with E-state index in [4.69, 9.17) is 32.5 Å². The van der Waals surface area contributed by atoms with E-state index < -0.39 is 5.97 Å². The van der Waals surface area contributed by atoms with Crippen LogP contribution in [0.4, 0.5) is 0 Å². The van der Waals surface area contributed by atoms with Gasteiger partial charge >= 0.3 is 5.97 Å². The minimum absolute atomic E-state index is 0.0140. The van der Waals surface area contributed by atoms with Crippen LogP contribution in [0.1, 0.15) is 5.69 Å². The molecule has 0 atom stereocenters. The molecule has 0 bridgehead atoms.